The Kier molecular flexibility index (Phi) is 4.42. The first kappa shape index (κ1) is 13.6. The highest BCUT2D eigenvalue weighted by Crippen LogP contribution is 2.27. The lowest BCUT2D eigenvalue weighted by Gasteiger charge is -2.16. The molecule has 2 heterocycles. The van der Waals surface area contributed by atoms with Crippen molar-refractivity contribution in [3.63, 3.8) is 0 Å². The van der Waals surface area contributed by atoms with Gasteiger partial charge >= 0.3 is 0 Å². The van der Waals surface area contributed by atoms with Crippen molar-refractivity contribution in [1.29, 1.82) is 0 Å². The van der Waals surface area contributed by atoms with Gasteiger partial charge in [0.1, 0.15) is 10.6 Å². The van der Waals surface area contributed by atoms with Gasteiger partial charge in [-0.3, -0.25) is 4.79 Å². The van der Waals surface area contributed by atoms with E-state index >= 15 is 0 Å². The summed E-state index contributed by atoms with van der Waals surface area (Å²) in [4.78, 5) is 14.6. The van der Waals surface area contributed by atoms with Crippen LogP contribution >= 0.6 is 38.6 Å². The molecule has 18 heavy (non-hydrogen) atoms. The number of methoxy groups -OCH3 is 1. The summed E-state index contributed by atoms with van der Waals surface area (Å²) in [5.74, 6) is 0.632. The number of ether oxygens (including phenoxy) is 1. The van der Waals surface area contributed by atoms with Crippen molar-refractivity contribution in [3.05, 3.63) is 37.1 Å². The van der Waals surface area contributed by atoms with E-state index in [2.05, 4.69) is 15.9 Å². The number of carbonyl (C=O) groups excluding carboxylic acids is 1. The maximum atomic E-state index is 12.2. The fraction of sp³-hybridized carbons (Fsp3) is 0.250. The number of hydrogen-bond acceptors (Lipinski definition) is 4. The van der Waals surface area contributed by atoms with E-state index in [1.807, 2.05) is 22.9 Å². The van der Waals surface area contributed by atoms with Crippen LogP contribution in [-0.2, 0) is 6.54 Å². The van der Waals surface area contributed by atoms with Crippen molar-refractivity contribution in [3.8, 4) is 5.75 Å². The molecule has 0 atom stereocenters. The second-order valence-corrected chi connectivity index (χ2v) is 6.94. The number of rotatable bonds is 4. The van der Waals surface area contributed by atoms with Crippen molar-refractivity contribution < 1.29 is 9.53 Å². The van der Waals surface area contributed by atoms with E-state index in [0.717, 1.165) is 9.35 Å². The van der Waals surface area contributed by atoms with Crippen LogP contribution in [0.4, 0.5) is 0 Å². The molecule has 0 radical (unpaired) electrons. The molecule has 0 aromatic carbocycles. The van der Waals surface area contributed by atoms with E-state index in [1.165, 1.54) is 11.3 Å². The summed E-state index contributed by atoms with van der Waals surface area (Å²) in [5.41, 5.74) is 1.12. The third-order valence-corrected chi connectivity index (χ3v) is 4.87. The summed E-state index contributed by atoms with van der Waals surface area (Å²) in [6.07, 6.45) is 0. The van der Waals surface area contributed by atoms with Gasteiger partial charge in [0.2, 0.25) is 0 Å². The Morgan fingerprint density at radius 1 is 1.50 bits per heavy atom. The average Bonchev–Trinajstić information content (AvgIpc) is 2.96. The first-order valence-corrected chi connectivity index (χ1v) is 7.77. The molecule has 96 valence electrons. The molecule has 0 aliphatic carbocycles. The van der Waals surface area contributed by atoms with Crippen LogP contribution in [0.15, 0.2) is 26.7 Å². The Labute approximate surface area is 122 Å². The van der Waals surface area contributed by atoms with Crippen molar-refractivity contribution in [1.82, 2.24) is 4.90 Å². The number of hydrogen-bond donors (Lipinski definition) is 0. The molecule has 1 amide bonds. The molecular weight excluding hydrogens is 334 g/mol. The molecule has 0 saturated heterocycles. The summed E-state index contributed by atoms with van der Waals surface area (Å²) >= 11 is 6.44. The summed E-state index contributed by atoms with van der Waals surface area (Å²) < 4.78 is 6.24. The minimum atomic E-state index is -0.0100. The molecule has 3 nitrogen and oxygen atoms in total. The fourth-order valence-electron chi connectivity index (χ4n) is 1.56. The lowest BCUT2D eigenvalue weighted by atomic mass is 10.3. The van der Waals surface area contributed by atoms with Gasteiger partial charge in [-0.2, -0.15) is 0 Å². The third-order valence-electron chi connectivity index (χ3n) is 2.43. The second kappa shape index (κ2) is 5.86. The highest BCUT2D eigenvalue weighted by atomic mass is 79.9. The van der Waals surface area contributed by atoms with Crippen LogP contribution in [0.5, 0.6) is 5.75 Å². The van der Waals surface area contributed by atoms with Gasteiger partial charge in [-0.05, 0) is 44.4 Å². The summed E-state index contributed by atoms with van der Waals surface area (Å²) in [6, 6.07) is 3.84. The molecule has 2 aromatic rings. The first-order valence-electron chi connectivity index (χ1n) is 5.21. The molecule has 0 aliphatic rings. The van der Waals surface area contributed by atoms with Crippen molar-refractivity contribution in [2.45, 2.75) is 6.54 Å². The topological polar surface area (TPSA) is 29.5 Å². The highest BCUT2D eigenvalue weighted by Gasteiger charge is 2.18. The van der Waals surface area contributed by atoms with Crippen LogP contribution in [0, 0.1) is 0 Å². The van der Waals surface area contributed by atoms with Crippen LogP contribution in [-0.4, -0.2) is 25.0 Å². The lowest BCUT2D eigenvalue weighted by Crippen LogP contribution is -2.25. The number of carbonyl (C=O) groups is 1. The summed E-state index contributed by atoms with van der Waals surface area (Å²) in [7, 11) is 3.38. The zero-order chi connectivity index (χ0) is 13.1. The molecule has 0 fully saturated rings. The van der Waals surface area contributed by atoms with Gasteiger partial charge in [-0.15, -0.1) is 22.7 Å². The number of thiophene rings is 2. The van der Waals surface area contributed by atoms with Crippen molar-refractivity contribution >= 4 is 44.5 Å². The SMILES string of the molecule is COc1ccsc1C(=O)N(C)Cc1csc(Br)c1. The van der Waals surface area contributed by atoms with Gasteiger partial charge in [0.15, 0.2) is 0 Å². The highest BCUT2D eigenvalue weighted by molar-refractivity contribution is 9.11. The normalized spacial score (nSPS) is 10.4. The molecule has 2 aromatic heterocycles. The van der Waals surface area contributed by atoms with E-state index in [-0.39, 0.29) is 5.91 Å². The van der Waals surface area contributed by atoms with Gasteiger partial charge in [0, 0.05) is 13.6 Å². The van der Waals surface area contributed by atoms with E-state index in [4.69, 9.17) is 4.74 Å². The predicted octanol–water partition coefficient (Wildman–Crippen LogP) is 3.85. The quantitative estimate of drug-likeness (QED) is 0.842. The smallest absolute Gasteiger partial charge is 0.267 e. The summed E-state index contributed by atoms with van der Waals surface area (Å²) in [5, 5.41) is 3.90. The Morgan fingerprint density at radius 3 is 2.89 bits per heavy atom. The minimum absolute atomic E-state index is 0.0100. The molecular formula is C12H12BrNO2S2. The molecule has 0 unspecified atom stereocenters. The van der Waals surface area contributed by atoms with Crippen LogP contribution in [0.1, 0.15) is 15.2 Å². The number of halogens is 1. The molecule has 2 rings (SSSR count). The van der Waals surface area contributed by atoms with E-state index in [9.17, 15) is 4.79 Å². The van der Waals surface area contributed by atoms with Crippen LogP contribution in [0.25, 0.3) is 0 Å². The van der Waals surface area contributed by atoms with Gasteiger partial charge in [0.25, 0.3) is 5.91 Å². The zero-order valence-corrected chi connectivity index (χ0v) is 13.2. The zero-order valence-electron chi connectivity index (χ0n) is 9.97. The third kappa shape index (κ3) is 2.93. The van der Waals surface area contributed by atoms with Gasteiger partial charge in [-0.25, -0.2) is 0 Å². The number of nitrogens with zero attached hydrogens (tertiary/aromatic N) is 1. The van der Waals surface area contributed by atoms with Crippen molar-refractivity contribution in [2.24, 2.45) is 0 Å². The second-order valence-electron chi connectivity index (χ2n) is 3.74. The Bertz CT molecular complexity index is 550. The largest absolute Gasteiger partial charge is 0.495 e. The minimum Gasteiger partial charge on any atom is -0.495 e. The Balaban J connectivity index is 2.09. The maximum Gasteiger partial charge on any atom is 0.267 e. The maximum absolute atomic E-state index is 12.2. The monoisotopic (exact) mass is 345 g/mol. The van der Waals surface area contributed by atoms with Crippen molar-refractivity contribution in [2.75, 3.05) is 14.2 Å². The van der Waals surface area contributed by atoms with Crippen LogP contribution < -0.4 is 4.74 Å². The molecule has 0 spiro atoms. The van der Waals surface area contributed by atoms with E-state index in [1.54, 1.807) is 30.4 Å². The van der Waals surface area contributed by atoms with Gasteiger partial charge in [-0.1, -0.05) is 0 Å². The molecule has 6 heteroatoms. The summed E-state index contributed by atoms with van der Waals surface area (Å²) in [6.45, 7) is 0.599. The molecule has 0 aliphatic heterocycles. The Hall–Kier alpha value is -0.850. The van der Waals surface area contributed by atoms with Gasteiger partial charge in [0.05, 0.1) is 10.9 Å². The van der Waals surface area contributed by atoms with Crippen LogP contribution in [0.3, 0.4) is 0 Å². The Morgan fingerprint density at radius 2 is 2.28 bits per heavy atom. The predicted molar refractivity (Wildman–Crippen MR) is 78.7 cm³/mol. The fourth-order valence-corrected chi connectivity index (χ4v) is 3.61. The average molecular weight is 346 g/mol. The number of amides is 1. The van der Waals surface area contributed by atoms with E-state index in [0.29, 0.717) is 17.2 Å². The standard InChI is InChI=1S/C12H12BrNO2S2/c1-14(6-8-5-10(13)18-7-8)12(15)11-9(16-2)3-4-17-11/h3-5,7H,6H2,1-2H3. The lowest BCUT2D eigenvalue weighted by molar-refractivity contribution is 0.0787. The van der Waals surface area contributed by atoms with E-state index < -0.39 is 0 Å². The molecule has 0 N–H and O–H groups in total. The molecule has 0 saturated carbocycles. The molecule has 0 bridgehead atoms. The van der Waals surface area contributed by atoms with Gasteiger partial charge < -0.3 is 9.64 Å². The van der Waals surface area contributed by atoms with Crippen LogP contribution in [0.2, 0.25) is 0 Å². The first-order chi connectivity index (χ1) is 8.61.